The number of methoxy groups -OCH3 is 1. The molecule has 1 aliphatic heterocycles. The maximum Gasteiger partial charge on any atom is 0.261 e. The Hall–Kier alpha value is -3.21. The molecule has 162 valence electrons. The van der Waals surface area contributed by atoms with E-state index < -0.39 is 11.7 Å². The molecule has 3 aromatic rings. The molecule has 0 aliphatic carbocycles. The first-order valence-corrected chi connectivity index (χ1v) is 10.7. The molecule has 3 aromatic carbocycles. The van der Waals surface area contributed by atoms with Crippen LogP contribution in [0.4, 0.5) is 0 Å². The second-order valence-corrected chi connectivity index (χ2v) is 8.52. The largest absolute Gasteiger partial charge is 0.497 e. The lowest BCUT2D eigenvalue weighted by atomic mass is 9.89. The lowest BCUT2D eigenvalue weighted by Gasteiger charge is -2.38. The average molecular weight is 420 g/mol. The van der Waals surface area contributed by atoms with E-state index in [9.17, 15) is 4.79 Å². The zero-order chi connectivity index (χ0) is 22.0. The first-order valence-electron chi connectivity index (χ1n) is 10.7. The van der Waals surface area contributed by atoms with Gasteiger partial charge in [0.05, 0.1) is 13.2 Å². The van der Waals surface area contributed by atoms with Gasteiger partial charge in [-0.15, -0.1) is 0 Å². The zero-order valence-corrected chi connectivity index (χ0v) is 18.5. The third-order valence-corrected chi connectivity index (χ3v) is 5.68. The summed E-state index contributed by atoms with van der Waals surface area (Å²) in [6.45, 7) is 6.01. The van der Waals surface area contributed by atoms with Crippen molar-refractivity contribution >= 4 is 16.7 Å². The standard InChI is InChI=1S/C26H29NO4/c1-5-22(30-23-12-8-10-17-9-6-7-11-19(17)23)25(28)27-21-16-26(2,3)31-24-15-18(29-4)13-14-20(21)24/h6-15,21-22H,5,16H2,1-4H3,(H,27,28)/t21-,22+/m0/s1. The summed E-state index contributed by atoms with van der Waals surface area (Å²) in [6, 6.07) is 19.5. The molecule has 0 unspecified atom stereocenters. The van der Waals surface area contributed by atoms with Crippen molar-refractivity contribution in [1.29, 1.82) is 0 Å². The highest BCUT2D eigenvalue weighted by atomic mass is 16.5. The van der Waals surface area contributed by atoms with Crippen LogP contribution in [0, 0.1) is 0 Å². The van der Waals surface area contributed by atoms with Crippen molar-refractivity contribution in [2.45, 2.75) is 51.4 Å². The van der Waals surface area contributed by atoms with E-state index >= 15 is 0 Å². The first-order chi connectivity index (χ1) is 14.9. The maximum absolute atomic E-state index is 13.2. The van der Waals surface area contributed by atoms with E-state index in [0.717, 1.165) is 33.6 Å². The Bertz CT molecular complexity index is 1090. The summed E-state index contributed by atoms with van der Waals surface area (Å²) in [5.41, 5.74) is 0.545. The van der Waals surface area contributed by atoms with E-state index in [2.05, 4.69) is 5.32 Å². The molecule has 1 amide bonds. The fraction of sp³-hybridized carbons (Fsp3) is 0.346. The molecule has 0 bridgehead atoms. The minimum absolute atomic E-state index is 0.125. The summed E-state index contributed by atoms with van der Waals surface area (Å²) in [6.07, 6.45) is 0.651. The fourth-order valence-electron chi connectivity index (χ4n) is 4.13. The predicted molar refractivity (Wildman–Crippen MR) is 122 cm³/mol. The highest BCUT2D eigenvalue weighted by Gasteiger charge is 2.36. The first kappa shape index (κ1) is 21.0. The molecule has 0 radical (unpaired) electrons. The van der Waals surface area contributed by atoms with Gasteiger partial charge in [-0.25, -0.2) is 0 Å². The van der Waals surface area contributed by atoms with Crippen molar-refractivity contribution in [2.75, 3.05) is 7.11 Å². The van der Waals surface area contributed by atoms with E-state index in [1.54, 1.807) is 7.11 Å². The number of ether oxygens (including phenoxy) is 3. The van der Waals surface area contributed by atoms with Gasteiger partial charge in [-0.2, -0.15) is 0 Å². The molecule has 0 aromatic heterocycles. The highest BCUT2D eigenvalue weighted by Crippen LogP contribution is 2.41. The smallest absolute Gasteiger partial charge is 0.261 e. The third kappa shape index (κ3) is 4.46. The van der Waals surface area contributed by atoms with Gasteiger partial charge in [0, 0.05) is 23.4 Å². The molecular weight excluding hydrogens is 390 g/mol. The molecule has 4 rings (SSSR count). The summed E-state index contributed by atoms with van der Waals surface area (Å²) in [4.78, 5) is 13.2. The monoisotopic (exact) mass is 419 g/mol. The lowest BCUT2D eigenvalue weighted by Crippen LogP contribution is -2.45. The number of carbonyl (C=O) groups is 1. The second kappa shape index (κ2) is 8.50. The number of benzene rings is 3. The summed E-state index contributed by atoms with van der Waals surface area (Å²) >= 11 is 0. The van der Waals surface area contributed by atoms with Crippen LogP contribution in [0.15, 0.2) is 60.7 Å². The minimum atomic E-state index is -0.585. The van der Waals surface area contributed by atoms with Gasteiger partial charge in [0.2, 0.25) is 0 Å². The van der Waals surface area contributed by atoms with Gasteiger partial charge >= 0.3 is 0 Å². The molecule has 0 spiro atoms. The summed E-state index contributed by atoms with van der Waals surface area (Å²) in [5.74, 6) is 2.06. The van der Waals surface area contributed by atoms with Gasteiger partial charge in [0.15, 0.2) is 6.10 Å². The predicted octanol–water partition coefficient (Wildman–Crippen LogP) is 5.42. The van der Waals surface area contributed by atoms with Crippen LogP contribution in [0.2, 0.25) is 0 Å². The number of hydrogen-bond donors (Lipinski definition) is 1. The summed E-state index contributed by atoms with van der Waals surface area (Å²) in [7, 11) is 1.63. The highest BCUT2D eigenvalue weighted by molar-refractivity contribution is 5.89. The van der Waals surface area contributed by atoms with E-state index in [1.165, 1.54) is 0 Å². The van der Waals surface area contributed by atoms with Gasteiger partial charge in [-0.3, -0.25) is 4.79 Å². The second-order valence-electron chi connectivity index (χ2n) is 8.52. The van der Waals surface area contributed by atoms with E-state index in [4.69, 9.17) is 14.2 Å². The Labute approximate surface area is 183 Å². The third-order valence-electron chi connectivity index (χ3n) is 5.68. The SMILES string of the molecule is CC[C@@H](Oc1cccc2ccccc12)C(=O)N[C@H]1CC(C)(C)Oc2cc(OC)ccc21. The molecule has 1 heterocycles. The quantitative estimate of drug-likeness (QED) is 0.579. The molecule has 0 saturated heterocycles. The van der Waals surface area contributed by atoms with Gasteiger partial charge in [0.1, 0.15) is 22.8 Å². The van der Waals surface area contributed by atoms with Crippen molar-refractivity contribution < 1.29 is 19.0 Å². The molecule has 5 nitrogen and oxygen atoms in total. The Morgan fingerprint density at radius 3 is 2.71 bits per heavy atom. The van der Waals surface area contributed by atoms with Crippen LogP contribution in [-0.2, 0) is 4.79 Å². The van der Waals surface area contributed by atoms with Crippen molar-refractivity contribution in [1.82, 2.24) is 5.32 Å². The van der Waals surface area contributed by atoms with Crippen LogP contribution in [-0.4, -0.2) is 24.7 Å². The van der Waals surface area contributed by atoms with Gasteiger partial charge in [0.25, 0.3) is 5.91 Å². The van der Waals surface area contributed by atoms with E-state index in [0.29, 0.717) is 12.8 Å². The minimum Gasteiger partial charge on any atom is -0.497 e. The number of carbonyl (C=O) groups excluding carboxylic acids is 1. The number of fused-ring (bicyclic) bond motifs is 2. The Balaban J connectivity index is 1.56. The number of rotatable bonds is 6. The van der Waals surface area contributed by atoms with Crippen molar-refractivity contribution in [3.63, 3.8) is 0 Å². The molecule has 0 fully saturated rings. The summed E-state index contributed by atoms with van der Waals surface area (Å²) < 4.78 is 17.7. The Morgan fingerprint density at radius 1 is 1.16 bits per heavy atom. The fourth-order valence-corrected chi connectivity index (χ4v) is 4.13. The molecule has 5 heteroatoms. The van der Waals surface area contributed by atoms with Gasteiger partial charge < -0.3 is 19.5 Å². The van der Waals surface area contributed by atoms with Crippen LogP contribution in [0.1, 0.15) is 45.2 Å². The van der Waals surface area contributed by atoms with Crippen molar-refractivity contribution in [3.8, 4) is 17.2 Å². The maximum atomic E-state index is 13.2. The molecule has 31 heavy (non-hydrogen) atoms. The Kier molecular flexibility index (Phi) is 5.77. The lowest BCUT2D eigenvalue weighted by molar-refractivity contribution is -0.129. The van der Waals surface area contributed by atoms with Crippen LogP contribution in [0.3, 0.4) is 0 Å². The average Bonchev–Trinajstić information content (AvgIpc) is 2.76. The molecule has 1 aliphatic rings. The topological polar surface area (TPSA) is 56.8 Å². The Morgan fingerprint density at radius 2 is 1.94 bits per heavy atom. The van der Waals surface area contributed by atoms with Gasteiger partial charge in [-0.05, 0) is 43.9 Å². The number of nitrogens with one attached hydrogen (secondary N) is 1. The van der Waals surface area contributed by atoms with Crippen LogP contribution in [0.5, 0.6) is 17.2 Å². The van der Waals surface area contributed by atoms with Crippen LogP contribution in [0.25, 0.3) is 10.8 Å². The molecular formula is C26H29NO4. The number of hydrogen-bond acceptors (Lipinski definition) is 4. The zero-order valence-electron chi connectivity index (χ0n) is 18.5. The van der Waals surface area contributed by atoms with Crippen molar-refractivity contribution in [2.24, 2.45) is 0 Å². The van der Waals surface area contributed by atoms with Crippen molar-refractivity contribution in [3.05, 3.63) is 66.2 Å². The molecule has 1 N–H and O–H groups in total. The van der Waals surface area contributed by atoms with Gasteiger partial charge in [-0.1, -0.05) is 43.3 Å². The van der Waals surface area contributed by atoms with E-state index in [1.807, 2.05) is 81.4 Å². The van der Waals surface area contributed by atoms with Crippen LogP contribution < -0.4 is 19.5 Å². The van der Waals surface area contributed by atoms with Crippen LogP contribution >= 0.6 is 0 Å². The number of amides is 1. The normalized spacial score (nSPS) is 17.9. The summed E-state index contributed by atoms with van der Waals surface area (Å²) in [5, 5.41) is 5.29. The van der Waals surface area contributed by atoms with E-state index in [-0.39, 0.29) is 11.9 Å². The molecule has 2 atom stereocenters. The molecule has 0 saturated carbocycles.